The van der Waals surface area contributed by atoms with Gasteiger partial charge in [0, 0.05) is 6.42 Å². The molecule has 0 saturated carbocycles. The molecule has 0 aliphatic rings. The summed E-state index contributed by atoms with van der Waals surface area (Å²) in [4.78, 5) is 11.9. The molecule has 1 amide bonds. The molecule has 126 valence electrons. The molecule has 5 heteroatoms. The van der Waals surface area contributed by atoms with Crippen LogP contribution < -0.4 is 5.32 Å². The Morgan fingerprint density at radius 2 is 1.70 bits per heavy atom. The topological polar surface area (TPSA) is 82.3 Å². The summed E-state index contributed by atoms with van der Waals surface area (Å²) >= 11 is 0. The summed E-state index contributed by atoms with van der Waals surface area (Å²) in [6.07, 6.45) is -0.274. The highest BCUT2D eigenvalue weighted by molar-refractivity contribution is 5.69. The number of carbonyl (C=O) groups excluding carboxylic acids is 1. The highest BCUT2D eigenvalue weighted by Gasteiger charge is 2.29. The maximum atomic E-state index is 11.9. The van der Waals surface area contributed by atoms with Crippen LogP contribution in [0.2, 0.25) is 0 Å². The molecule has 0 bridgehead atoms. The van der Waals surface area contributed by atoms with E-state index >= 15 is 0 Å². The Kier molecular flexibility index (Phi) is 5.44. The zero-order chi connectivity index (χ0) is 17.9. The van der Waals surface area contributed by atoms with E-state index in [4.69, 9.17) is 4.74 Å². The molecule has 2 N–H and O–H groups in total. The lowest BCUT2D eigenvalue weighted by Gasteiger charge is -2.27. The first-order valence-electron chi connectivity index (χ1n) is 7.59. The van der Waals surface area contributed by atoms with E-state index < -0.39 is 22.8 Å². The van der Waals surface area contributed by atoms with Crippen LogP contribution in [0, 0.1) is 11.3 Å². The van der Waals surface area contributed by atoms with Gasteiger partial charge in [0.25, 0.3) is 0 Å². The van der Waals surface area contributed by atoms with Gasteiger partial charge in [-0.3, -0.25) is 0 Å². The van der Waals surface area contributed by atoms with Crippen LogP contribution in [-0.2, 0) is 16.8 Å². The van der Waals surface area contributed by atoms with Crippen LogP contribution in [0.5, 0.6) is 0 Å². The third-order valence-electron chi connectivity index (χ3n) is 3.24. The fourth-order valence-electron chi connectivity index (χ4n) is 2.08. The molecule has 1 rings (SSSR count). The van der Waals surface area contributed by atoms with Crippen LogP contribution in [0.25, 0.3) is 0 Å². The van der Waals surface area contributed by atoms with E-state index in [2.05, 4.69) is 11.4 Å². The van der Waals surface area contributed by atoms with E-state index in [9.17, 15) is 15.2 Å². The lowest BCUT2D eigenvalue weighted by molar-refractivity contribution is 0.0487. The van der Waals surface area contributed by atoms with Gasteiger partial charge < -0.3 is 15.2 Å². The number of aliphatic hydroxyl groups is 1. The number of nitrogens with one attached hydrogen (secondary N) is 1. The molecule has 1 atom stereocenters. The molecule has 1 aromatic carbocycles. The van der Waals surface area contributed by atoms with Crippen LogP contribution in [0.3, 0.4) is 0 Å². The second-order valence-corrected chi connectivity index (χ2v) is 7.50. The Balaban J connectivity index is 2.83. The maximum Gasteiger partial charge on any atom is 0.408 e. The molecular weight excluding hydrogens is 292 g/mol. The molecular formula is C18H26N2O3. The molecule has 0 aliphatic carbocycles. The van der Waals surface area contributed by atoms with Gasteiger partial charge in [-0.1, -0.05) is 24.3 Å². The Morgan fingerprint density at radius 1 is 1.17 bits per heavy atom. The number of rotatable bonds is 4. The minimum absolute atomic E-state index is 0.342. The summed E-state index contributed by atoms with van der Waals surface area (Å²) in [7, 11) is 0. The first kappa shape index (κ1) is 19.0. The number of benzene rings is 1. The summed E-state index contributed by atoms with van der Waals surface area (Å²) in [5.41, 5.74) is -0.919. The summed E-state index contributed by atoms with van der Waals surface area (Å²) in [6, 6.07) is 9.46. The fourth-order valence-corrected chi connectivity index (χ4v) is 2.08. The highest BCUT2D eigenvalue weighted by atomic mass is 16.6. The number of alkyl carbamates (subject to hydrolysis) is 1. The van der Waals surface area contributed by atoms with E-state index in [1.54, 1.807) is 41.5 Å². The van der Waals surface area contributed by atoms with Crippen molar-refractivity contribution in [1.82, 2.24) is 5.32 Å². The molecule has 0 aliphatic heterocycles. The van der Waals surface area contributed by atoms with Gasteiger partial charge in [-0.2, -0.15) is 5.26 Å². The van der Waals surface area contributed by atoms with E-state index in [-0.39, 0.29) is 0 Å². The Labute approximate surface area is 138 Å². The average Bonchev–Trinajstić information content (AvgIpc) is 2.35. The fraction of sp³-hybridized carbons (Fsp3) is 0.556. The van der Waals surface area contributed by atoms with Crippen LogP contribution >= 0.6 is 0 Å². The molecule has 0 radical (unpaired) electrons. The predicted octanol–water partition coefficient (Wildman–Crippen LogP) is 3.26. The predicted molar refractivity (Wildman–Crippen MR) is 88.8 cm³/mol. The van der Waals surface area contributed by atoms with Crippen molar-refractivity contribution >= 4 is 6.09 Å². The second kappa shape index (κ2) is 6.59. The van der Waals surface area contributed by atoms with Gasteiger partial charge in [-0.25, -0.2) is 4.79 Å². The molecule has 0 heterocycles. The van der Waals surface area contributed by atoms with Crippen molar-refractivity contribution in [1.29, 1.82) is 5.26 Å². The van der Waals surface area contributed by atoms with Crippen molar-refractivity contribution in [2.45, 2.75) is 64.7 Å². The number of carbonyl (C=O) groups is 1. The van der Waals surface area contributed by atoms with Crippen molar-refractivity contribution < 1.29 is 14.6 Å². The van der Waals surface area contributed by atoms with Gasteiger partial charge in [0.2, 0.25) is 0 Å². The van der Waals surface area contributed by atoms with Gasteiger partial charge in [0.1, 0.15) is 11.1 Å². The minimum Gasteiger partial charge on any atom is -0.444 e. The van der Waals surface area contributed by atoms with Crippen molar-refractivity contribution in [2.75, 3.05) is 0 Å². The van der Waals surface area contributed by atoms with Crippen LogP contribution in [-0.4, -0.2) is 22.3 Å². The van der Waals surface area contributed by atoms with Gasteiger partial charge in [-0.05, 0) is 52.7 Å². The second-order valence-electron chi connectivity index (χ2n) is 7.50. The Morgan fingerprint density at radius 3 is 2.09 bits per heavy atom. The van der Waals surface area contributed by atoms with E-state index in [0.29, 0.717) is 6.42 Å². The molecule has 1 aromatic rings. The van der Waals surface area contributed by atoms with Crippen LogP contribution in [0.1, 0.15) is 52.7 Å². The Hall–Kier alpha value is -2.06. The van der Waals surface area contributed by atoms with Crippen molar-refractivity contribution in [2.24, 2.45) is 0 Å². The molecule has 0 aromatic heterocycles. The molecule has 23 heavy (non-hydrogen) atoms. The van der Waals surface area contributed by atoms with Gasteiger partial charge in [0.05, 0.1) is 11.7 Å². The smallest absolute Gasteiger partial charge is 0.408 e. The zero-order valence-corrected chi connectivity index (χ0v) is 14.7. The van der Waals surface area contributed by atoms with Crippen LogP contribution in [0.4, 0.5) is 4.79 Å². The van der Waals surface area contributed by atoms with Gasteiger partial charge in [-0.15, -0.1) is 0 Å². The van der Waals surface area contributed by atoms with E-state index in [0.717, 1.165) is 11.1 Å². The van der Waals surface area contributed by atoms with E-state index in [1.165, 1.54) is 0 Å². The van der Waals surface area contributed by atoms with Crippen molar-refractivity contribution in [3.63, 3.8) is 0 Å². The lowest BCUT2D eigenvalue weighted by Crippen LogP contribution is -2.48. The van der Waals surface area contributed by atoms with Crippen LogP contribution in [0.15, 0.2) is 24.3 Å². The Bertz CT molecular complexity index is 589. The largest absolute Gasteiger partial charge is 0.444 e. The summed E-state index contributed by atoms with van der Waals surface area (Å²) in [5.74, 6) is 0. The number of ether oxygens (including phenoxy) is 1. The normalized spacial score (nSPS) is 14.5. The molecule has 5 nitrogen and oxygen atoms in total. The SMILES string of the molecule is CC(C)(C)OC(=O)N[C@@](C)(C#N)Cc1ccc(C(C)(C)O)cc1. The third-order valence-corrected chi connectivity index (χ3v) is 3.24. The first-order chi connectivity index (χ1) is 10.3. The third kappa shape index (κ3) is 6.29. The summed E-state index contributed by atoms with van der Waals surface area (Å²) in [5, 5.41) is 22.0. The minimum atomic E-state index is -1.07. The molecule has 0 fully saturated rings. The molecule has 0 spiro atoms. The zero-order valence-electron chi connectivity index (χ0n) is 14.7. The monoisotopic (exact) mass is 318 g/mol. The number of nitriles is 1. The highest BCUT2D eigenvalue weighted by Crippen LogP contribution is 2.21. The summed E-state index contributed by atoms with van der Waals surface area (Å²) in [6.45, 7) is 10.4. The van der Waals surface area contributed by atoms with Gasteiger partial charge >= 0.3 is 6.09 Å². The lowest BCUT2D eigenvalue weighted by atomic mass is 9.91. The van der Waals surface area contributed by atoms with Crippen molar-refractivity contribution in [3.05, 3.63) is 35.4 Å². The first-order valence-corrected chi connectivity index (χ1v) is 7.59. The summed E-state index contributed by atoms with van der Waals surface area (Å²) < 4.78 is 5.20. The maximum absolute atomic E-state index is 11.9. The molecule has 0 saturated heterocycles. The number of hydrogen-bond donors (Lipinski definition) is 2. The number of nitrogens with zero attached hydrogens (tertiary/aromatic N) is 1. The standard InChI is InChI=1S/C18H26N2O3/c1-16(2,3)23-15(21)20-18(6,12-19)11-13-7-9-14(10-8-13)17(4,5)22/h7-10,22H,11H2,1-6H3,(H,20,21)/t18-/m1/s1. The van der Waals surface area contributed by atoms with Gasteiger partial charge in [0.15, 0.2) is 0 Å². The number of amides is 1. The van der Waals surface area contributed by atoms with E-state index in [1.807, 2.05) is 24.3 Å². The number of hydrogen-bond acceptors (Lipinski definition) is 4. The quantitative estimate of drug-likeness (QED) is 0.892. The molecule has 0 unspecified atom stereocenters. The average molecular weight is 318 g/mol. The van der Waals surface area contributed by atoms with Crippen molar-refractivity contribution in [3.8, 4) is 6.07 Å².